The predicted octanol–water partition coefficient (Wildman–Crippen LogP) is 0.529. The van der Waals surface area contributed by atoms with Gasteiger partial charge in [-0.25, -0.2) is 0 Å². The maximum absolute atomic E-state index is 11.4. The molecule has 0 heterocycles. The Balaban J connectivity index is 2.39. The molecule has 8 nitrogen and oxygen atoms in total. The van der Waals surface area contributed by atoms with Gasteiger partial charge in [0.1, 0.15) is 24.4 Å². The number of carbonyl (C=O) groups excluding carboxylic acids is 4. The highest BCUT2D eigenvalue weighted by Crippen LogP contribution is 2.43. The highest BCUT2D eigenvalue weighted by Gasteiger charge is 2.58. The maximum Gasteiger partial charge on any atom is 0.303 e. The van der Waals surface area contributed by atoms with E-state index < -0.39 is 60.1 Å². The van der Waals surface area contributed by atoms with Crippen LogP contribution in [0.4, 0.5) is 0 Å². The van der Waals surface area contributed by atoms with Crippen molar-refractivity contribution in [2.24, 2.45) is 11.8 Å². The summed E-state index contributed by atoms with van der Waals surface area (Å²) in [7, 11) is 0. The standard InChI is InChI=1S/C16H20O8/c1-7(17)21-13-11-5-6-12(14(13)22-8(2)18)16(24-10(4)20)15(11)23-9(3)19/h5-6,11-16H,1-4H3/t11?,12?,13-,14+,15+,16-. The van der Waals surface area contributed by atoms with Crippen LogP contribution in [-0.4, -0.2) is 48.3 Å². The van der Waals surface area contributed by atoms with Gasteiger partial charge in [0.25, 0.3) is 0 Å². The average Bonchev–Trinajstić information content (AvgIpc) is 2.42. The summed E-state index contributed by atoms with van der Waals surface area (Å²) in [6.45, 7) is 4.95. The zero-order chi connectivity index (χ0) is 18.0. The minimum absolute atomic E-state index is 0.552. The molecule has 0 amide bonds. The van der Waals surface area contributed by atoms with Crippen LogP contribution in [0, 0.1) is 11.8 Å². The van der Waals surface area contributed by atoms with Gasteiger partial charge in [-0.15, -0.1) is 0 Å². The molecule has 3 aliphatic carbocycles. The van der Waals surface area contributed by atoms with Crippen LogP contribution in [0.2, 0.25) is 0 Å². The Morgan fingerprint density at radius 1 is 0.542 bits per heavy atom. The third kappa shape index (κ3) is 3.74. The zero-order valence-corrected chi connectivity index (χ0v) is 13.9. The monoisotopic (exact) mass is 340 g/mol. The van der Waals surface area contributed by atoms with Crippen molar-refractivity contribution in [3.63, 3.8) is 0 Å². The van der Waals surface area contributed by atoms with Crippen molar-refractivity contribution < 1.29 is 38.1 Å². The number of carbonyl (C=O) groups is 4. The lowest BCUT2D eigenvalue weighted by Gasteiger charge is -2.50. The van der Waals surface area contributed by atoms with Crippen LogP contribution >= 0.6 is 0 Å². The Labute approximate surface area is 139 Å². The predicted molar refractivity (Wildman–Crippen MR) is 78.3 cm³/mol. The van der Waals surface area contributed by atoms with E-state index in [-0.39, 0.29) is 0 Å². The van der Waals surface area contributed by atoms with Crippen LogP contribution in [-0.2, 0) is 38.1 Å². The van der Waals surface area contributed by atoms with Crippen molar-refractivity contribution in [3.05, 3.63) is 12.2 Å². The van der Waals surface area contributed by atoms with Gasteiger partial charge in [0.05, 0.1) is 11.8 Å². The highest BCUT2D eigenvalue weighted by molar-refractivity contribution is 5.69. The number of rotatable bonds is 4. The molecule has 8 heteroatoms. The lowest BCUT2D eigenvalue weighted by molar-refractivity contribution is -0.219. The number of hydrogen-bond acceptors (Lipinski definition) is 8. The Morgan fingerprint density at radius 2 is 0.750 bits per heavy atom. The molecule has 2 unspecified atom stereocenters. The highest BCUT2D eigenvalue weighted by atomic mass is 16.6. The van der Waals surface area contributed by atoms with Crippen LogP contribution in [0.1, 0.15) is 27.7 Å². The van der Waals surface area contributed by atoms with E-state index in [1.165, 1.54) is 27.7 Å². The first-order valence-corrected chi connectivity index (χ1v) is 7.58. The molecule has 132 valence electrons. The Morgan fingerprint density at radius 3 is 0.917 bits per heavy atom. The second-order valence-corrected chi connectivity index (χ2v) is 5.84. The number of esters is 4. The second-order valence-electron chi connectivity index (χ2n) is 5.84. The topological polar surface area (TPSA) is 105 Å². The molecular formula is C16H20O8. The Hall–Kier alpha value is -2.38. The number of ether oxygens (including phenoxy) is 4. The Bertz CT molecular complexity index is 487. The summed E-state index contributed by atoms with van der Waals surface area (Å²) >= 11 is 0. The minimum Gasteiger partial charge on any atom is -0.458 e. The van der Waals surface area contributed by atoms with Crippen molar-refractivity contribution in [1.29, 1.82) is 0 Å². The summed E-state index contributed by atoms with van der Waals surface area (Å²) in [5, 5.41) is 0. The van der Waals surface area contributed by atoms with Crippen molar-refractivity contribution in [2.45, 2.75) is 52.1 Å². The summed E-state index contributed by atoms with van der Waals surface area (Å²) < 4.78 is 21.2. The molecule has 1 fully saturated rings. The van der Waals surface area contributed by atoms with Crippen LogP contribution in [0.25, 0.3) is 0 Å². The van der Waals surface area contributed by atoms with Gasteiger partial charge in [0.2, 0.25) is 0 Å². The van der Waals surface area contributed by atoms with Crippen LogP contribution in [0.5, 0.6) is 0 Å². The molecule has 2 bridgehead atoms. The molecule has 3 aliphatic rings. The summed E-state index contributed by atoms with van der Waals surface area (Å²) in [5.41, 5.74) is 0. The average molecular weight is 340 g/mol. The zero-order valence-electron chi connectivity index (χ0n) is 13.9. The van der Waals surface area contributed by atoms with E-state index in [0.717, 1.165) is 0 Å². The third-order valence-electron chi connectivity index (χ3n) is 3.93. The van der Waals surface area contributed by atoms with Gasteiger partial charge in [-0.1, -0.05) is 12.2 Å². The van der Waals surface area contributed by atoms with E-state index in [4.69, 9.17) is 18.9 Å². The minimum atomic E-state index is -0.822. The van der Waals surface area contributed by atoms with Gasteiger partial charge >= 0.3 is 23.9 Å². The SMILES string of the molecule is CC(=O)O[C@@H]1C2C=CC([C@@H](OC(C)=O)[C@H]2OC(C)=O)[C@@H]1OC(C)=O. The first-order valence-electron chi connectivity index (χ1n) is 7.58. The third-order valence-corrected chi connectivity index (χ3v) is 3.93. The summed E-state index contributed by atoms with van der Waals surface area (Å²) in [6, 6.07) is 0. The van der Waals surface area contributed by atoms with Crippen LogP contribution in [0.3, 0.4) is 0 Å². The first kappa shape index (κ1) is 18.0. The molecule has 0 aliphatic heterocycles. The van der Waals surface area contributed by atoms with Gasteiger partial charge in [0, 0.05) is 27.7 Å². The van der Waals surface area contributed by atoms with Crippen LogP contribution in [0.15, 0.2) is 12.2 Å². The molecule has 24 heavy (non-hydrogen) atoms. The van der Waals surface area contributed by atoms with Gasteiger partial charge < -0.3 is 18.9 Å². The van der Waals surface area contributed by atoms with Gasteiger partial charge in [-0.3, -0.25) is 19.2 Å². The van der Waals surface area contributed by atoms with E-state index in [2.05, 4.69) is 0 Å². The van der Waals surface area contributed by atoms with Gasteiger partial charge in [0.15, 0.2) is 0 Å². The molecule has 0 saturated heterocycles. The summed E-state index contributed by atoms with van der Waals surface area (Å²) in [4.78, 5) is 45.7. The first-order chi connectivity index (χ1) is 11.2. The van der Waals surface area contributed by atoms with E-state index in [0.29, 0.717) is 0 Å². The smallest absolute Gasteiger partial charge is 0.303 e. The second kappa shape index (κ2) is 7.02. The molecule has 0 aromatic heterocycles. The lowest BCUT2D eigenvalue weighted by atomic mass is 9.68. The molecule has 0 spiro atoms. The molecule has 6 atom stereocenters. The maximum atomic E-state index is 11.4. The fourth-order valence-electron chi connectivity index (χ4n) is 3.29. The van der Waals surface area contributed by atoms with Crippen LogP contribution < -0.4 is 0 Å². The van der Waals surface area contributed by atoms with E-state index in [9.17, 15) is 19.2 Å². The van der Waals surface area contributed by atoms with Crippen molar-refractivity contribution in [2.75, 3.05) is 0 Å². The molecule has 3 rings (SSSR count). The van der Waals surface area contributed by atoms with Crippen molar-refractivity contribution in [3.8, 4) is 0 Å². The molecule has 0 aromatic carbocycles. The summed E-state index contributed by atoms with van der Waals surface area (Å²) in [6.07, 6.45) is 0.169. The van der Waals surface area contributed by atoms with E-state index >= 15 is 0 Å². The summed E-state index contributed by atoms with van der Waals surface area (Å²) in [5.74, 6) is -3.38. The van der Waals surface area contributed by atoms with Gasteiger partial charge in [-0.05, 0) is 0 Å². The van der Waals surface area contributed by atoms with E-state index in [1.807, 2.05) is 0 Å². The van der Waals surface area contributed by atoms with E-state index in [1.54, 1.807) is 12.2 Å². The quantitative estimate of drug-likeness (QED) is 0.414. The largest absolute Gasteiger partial charge is 0.458 e. The molecule has 0 aromatic rings. The fraction of sp³-hybridized carbons (Fsp3) is 0.625. The molecular weight excluding hydrogens is 320 g/mol. The fourth-order valence-corrected chi connectivity index (χ4v) is 3.29. The van der Waals surface area contributed by atoms with Crippen molar-refractivity contribution in [1.82, 2.24) is 0 Å². The Kier molecular flexibility index (Phi) is 5.26. The number of fused-ring (bicyclic) bond motifs is 2. The molecule has 0 radical (unpaired) electrons. The van der Waals surface area contributed by atoms with Crippen molar-refractivity contribution >= 4 is 23.9 Å². The van der Waals surface area contributed by atoms with Gasteiger partial charge in [-0.2, -0.15) is 0 Å². The number of hydrogen-bond donors (Lipinski definition) is 0. The molecule has 1 saturated carbocycles. The lowest BCUT2D eigenvalue weighted by Crippen LogP contribution is -2.63. The normalized spacial score (nSPS) is 33.5. The molecule has 0 N–H and O–H groups in total.